The van der Waals surface area contributed by atoms with E-state index >= 15 is 0 Å². The maximum absolute atomic E-state index is 4.60. The summed E-state index contributed by atoms with van der Waals surface area (Å²) in [6, 6.07) is 13.7. The van der Waals surface area contributed by atoms with Gasteiger partial charge in [0.2, 0.25) is 0 Å². The average molecular weight is 266 g/mol. The van der Waals surface area contributed by atoms with Gasteiger partial charge in [0, 0.05) is 12.2 Å². The summed E-state index contributed by atoms with van der Waals surface area (Å²) in [6.07, 6.45) is 5.51. The third-order valence-electron chi connectivity index (χ3n) is 4.19. The first kappa shape index (κ1) is 13.3. The van der Waals surface area contributed by atoms with Crippen LogP contribution in [0.15, 0.2) is 42.6 Å². The molecule has 2 aromatic rings. The molecule has 1 N–H and O–H groups in total. The first-order valence-electron chi connectivity index (χ1n) is 7.50. The number of pyridine rings is 1. The minimum absolute atomic E-state index is 0.354. The molecule has 2 heteroatoms. The highest BCUT2D eigenvalue weighted by Gasteiger charge is 2.22. The van der Waals surface area contributed by atoms with Crippen LogP contribution in [0.1, 0.15) is 54.2 Å². The van der Waals surface area contributed by atoms with E-state index in [2.05, 4.69) is 54.5 Å². The minimum atomic E-state index is 0.354. The zero-order chi connectivity index (χ0) is 13.9. The van der Waals surface area contributed by atoms with Gasteiger partial charge in [0.25, 0.3) is 0 Å². The zero-order valence-corrected chi connectivity index (χ0v) is 12.3. The van der Waals surface area contributed by atoms with Gasteiger partial charge in [0.05, 0.1) is 11.7 Å². The molecule has 1 aliphatic carbocycles. The molecule has 0 spiro atoms. The van der Waals surface area contributed by atoms with Crippen molar-refractivity contribution in [2.75, 3.05) is 0 Å². The standard InChI is InChI=1S/C18H22N2/c1-13-6-3-8-16(12-13)14(2)20-17-10-4-7-15-9-5-11-19-18(15)17/h3,5-6,8-9,11-12,14,17,20H,4,7,10H2,1-2H3/t14-,17?/m0/s1. The van der Waals surface area contributed by atoms with Crippen LogP contribution in [0, 0.1) is 6.92 Å². The van der Waals surface area contributed by atoms with E-state index in [0.29, 0.717) is 12.1 Å². The molecule has 1 aromatic carbocycles. The number of rotatable bonds is 3. The van der Waals surface area contributed by atoms with Gasteiger partial charge in [-0.2, -0.15) is 0 Å². The number of benzene rings is 1. The molecule has 0 saturated heterocycles. The summed E-state index contributed by atoms with van der Waals surface area (Å²) < 4.78 is 0. The molecule has 0 saturated carbocycles. The Balaban J connectivity index is 1.79. The summed E-state index contributed by atoms with van der Waals surface area (Å²) in [5, 5.41) is 3.76. The molecule has 1 unspecified atom stereocenters. The Morgan fingerprint density at radius 3 is 3.00 bits per heavy atom. The van der Waals surface area contributed by atoms with Crippen LogP contribution >= 0.6 is 0 Å². The Bertz CT molecular complexity index is 591. The van der Waals surface area contributed by atoms with Crippen molar-refractivity contribution in [2.24, 2.45) is 0 Å². The summed E-state index contributed by atoms with van der Waals surface area (Å²) in [6.45, 7) is 4.39. The topological polar surface area (TPSA) is 24.9 Å². The molecule has 104 valence electrons. The molecule has 20 heavy (non-hydrogen) atoms. The van der Waals surface area contributed by atoms with Gasteiger partial charge in [-0.05, 0) is 50.3 Å². The van der Waals surface area contributed by atoms with E-state index < -0.39 is 0 Å². The number of fused-ring (bicyclic) bond motifs is 1. The number of aromatic nitrogens is 1. The van der Waals surface area contributed by atoms with Gasteiger partial charge in [-0.1, -0.05) is 35.9 Å². The number of hydrogen-bond acceptors (Lipinski definition) is 2. The molecule has 2 atom stereocenters. The Hall–Kier alpha value is -1.67. The van der Waals surface area contributed by atoms with Crippen LogP contribution in [0.3, 0.4) is 0 Å². The molecule has 0 amide bonds. The highest BCUT2D eigenvalue weighted by atomic mass is 15.0. The summed E-state index contributed by atoms with van der Waals surface area (Å²) >= 11 is 0. The van der Waals surface area contributed by atoms with Gasteiger partial charge in [0.15, 0.2) is 0 Å². The van der Waals surface area contributed by atoms with Crippen LogP contribution < -0.4 is 5.32 Å². The molecule has 0 radical (unpaired) electrons. The largest absolute Gasteiger partial charge is 0.302 e. The third-order valence-corrected chi connectivity index (χ3v) is 4.19. The van der Waals surface area contributed by atoms with Crippen molar-refractivity contribution < 1.29 is 0 Å². The lowest BCUT2D eigenvalue weighted by Crippen LogP contribution is -2.28. The van der Waals surface area contributed by atoms with Crippen molar-refractivity contribution in [1.82, 2.24) is 10.3 Å². The van der Waals surface area contributed by atoms with Gasteiger partial charge in [-0.3, -0.25) is 4.98 Å². The fourth-order valence-corrected chi connectivity index (χ4v) is 3.11. The molecule has 1 aromatic heterocycles. The summed E-state index contributed by atoms with van der Waals surface area (Å²) in [4.78, 5) is 4.60. The second-order valence-electron chi connectivity index (χ2n) is 5.80. The van der Waals surface area contributed by atoms with Crippen LogP contribution in [0.4, 0.5) is 0 Å². The van der Waals surface area contributed by atoms with E-state index in [4.69, 9.17) is 0 Å². The lowest BCUT2D eigenvalue weighted by molar-refractivity contribution is 0.406. The third kappa shape index (κ3) is 2.75. The first-order chi connectivity index (χ1) is 9.74. The first-order valence-corrected chi connectivity index (χ1v) is 7.50. The normalized spacial score (nSPS) is 19.4. The molecule has 0 aliphatic heterocycles. The number of nitrogens with one attached hydrogen (secondary N) is 1. The van der Waals surface area contributed by atoms with E-state index in [-0.39, 0.29) is 0 Å². The maximum Gasteiger partial charge on any atom is 0.0605 e. The monoisotopic (exact) mass is 266 g/mol. The molecular weight excluding hydrogens is 244 g/mol. The van der Waals surface area contributed by atoms with Crippen molar-refractivity contribution in [3.05, 3.63) is 65.0 Å². The lowest BCUT2D eigenvalue weighted by Gasteiger charge is -2.28. The Morgan fingerprint density at radius 2 is 2.15 bits per heavy atom. The highest BCUT2D eigenvalue weighted by Crippen LogP contribution is 2.30. The fraction of sp³-hybridized carbons (Fsp3) is 0.389. The lowest BCUT2D eigenvalue weighted by atomic mass is 9.91. The number of nitrogens with zero attached hydrogens (tertiary/aromatic N) is 1. The summed E-state index contributed by atoms with van der Waals surface area (Å²) in [5.41, 5.74) is 5.33. The second kappa shape index (κ2) is 5.76. The Morgan fingerprint density at radius 1 is 1.25 bits per heavy atom. The van der Waals surface area contributed by atoms with E-state index in [1.165, 1.54) is 41.6 Å². The Labute approximate surface area is 121 Å². The average Bonchev–Trinajstić information content (AvgIpc) is 2.47. The van der Waals surface area contributed by atoms with Gasteiger partial charge >= 0.3 is 0 Å². The minimum Gasteiger partial charge on any atom is -0.302 e. The Kier molecular flexibility index (Phi) is 3.83. The van der Waals surface area contributed by atoms with Crippen LogP contribution in [0.5, 0.6) is 0 Å². The predicted octanol–water partition coefficient (Wildman–Crippen LogP) is 4.12. The van der Waals surface area contributed by atoms with Crippen molar-refractivity contribution in [3.63, 3.8) is 0 Å². The molecular formula is C18H22N2. The summed E-state index contributed by atoms with van der Waals surface area (Å²) in [5.74, 6) is 0. The SMILES string of the molecule is Cc1cccc([C@H](C)NC2CCCc3cccnc32)c1. The molecule has 2 nitrogen and oxygen atoms in total. The van der Waals surface area contributed by atoms with Crippen molar-refractivity contribution in [3.8, 4) is 0 Å². The van der Waals surface area contributed by atoms with E-state index in [1.807, 2.05) is 12.3 Å². The molecule has 1 aliphatic rings. The molecule has 0 bridgehead atoms. The smallest absolute Gasteiger partial charge is 0.0605 e. The predicted molar refractivity (Wildman–Crippen MR) is 82.6 cm³/mol. The fourth-order valence-electron chi connectivity index (χ4n) is 3.11. The van der Waals surface area contributed by atoms with Gasteiger partial charge < -0.3 is 5.32 Å². The molecule has 0 fully saturated rings. The highest BCUT2D eigenvalue weighted by molar-refractivity contribution is 5.28. The summed E-state index contributed by atoms with van der Waals surface area (Å²) in [7, 11) is 0. The van der Waals surface area contributed by atoms with E-state index in [9.17, 15) is 0 Å². The van der Waals surface area contributed by atoms with E-state index in [1.54, 1.807) is 0 Å². The molecule has 3 rings (SSSR count). The quantitative estimate of drug-likeness (QED) is 0.904. The van der Waals surface area contributed by atoms with Gasteiger partial charge in [-0.25, -0.2) is 0 Å². The van der Waals surface area contributed by atoms with Crippen LogP contribution in [0.25, 0.3) is 0 Å². The van der Waals surface area contributed by atoms with E-state index in [0.717, 1.165) is 0 Å². The van der Waals surface area contributed by atoms with Gasteiger partial charge in [0.1, 0.15) is 0 Å². The maximum atomic E-state index is 4.60. The number of aryl methyl sites for hydroxylation is 2. The second-order valence-corrected chi connectivity index (χ2v) is 5.80. The molecule has 1 heterocycles. The van der Waals surface area contributed by atoms with Crippen LogP contribution in [-0.4, -0.2) is 4.98 Å². The van der Waals surface area contributed by atoms with Gasteiger partial charge in [-0.15, -0.1) is 0 Å². The zero-order valence-electron chi connectivity index (χ0n) is 12.3. The van der Waals surface area contributed by atoms with Crippen molar-refractivity contribution in [2.45, 2.75) is 45.2 Å². The van der Waals surface area contributed by atoms with Crippen LogP contribution in [-0.2, 0) is 6.42 Å². The number of hydrogen-bond donors (Lipinski definition) is 1. The van der Waals surface area contributed by atoms with Crippen molar-refractivity contribution in [1.29, 1.82) is 0 Å². The van der Waals surface area contributed by atoms with Crippen molar-refractivity contribution >= 4 is 0 Å². The van der Waals surface area contributed by atoms with Crippen LogP contribution in [0.2, 0.25) is 0 Å².